The van der Waals surface area contributed by atoms with Crippen LogP contribution >= 0.6 is 27.5 Å². The van der Waals surface area contributed by atoms with Gasteiger partial charge in [-0.05, 0) is 25.1 Å². The Hall–Kier alpha value is -0.120. The van der Waals surface area contributed by atoms with Crippen molar-refractivity contribution in [2.24, 2.45) is 0 Å². The van der Waals surface area contributed by atoms with Crippen molar-refractivity contribution in [1.29, 1.82) is 0 Å². The molecule has 1 nitrogen and oxygen atoms in total. The number of hydrogen-bond acceptors (Lipinski definition) is 1. The predicted molar refractivity (Wildman–Crippen MR) is 63.6 cm³/mol. The van der Waals surface area contributed by atoms with Crippen LogP contribution in [0.5, 0.6) is 0 Å². The maximum Gasteiger partial charge on any atom is 0.128 e. The van der Waals surface area contributed by atoms with E-state index < -0.39 is 0 Å². The maximum absolute atomic E-state index is 13.5. The lowest BCUT2D eigenvalue weighted by Gasteiger charge is -2.15. The summed E-state index contributed by atoms with van der Waals surface area (Å²) in [6, 6.07) is 5.19. The Labute approximate surface area is 102 Å². The van der Waals surface area contributed by atoms with Gasteiger partial charge >= 0.3 is 0 Å². The van der Waals surface area contributed by atoms with Gasteiger partial charge in [-0.25, -0.2) is 4.39 Å². The smallest absolute Gasteiger partial charge is 0.128 e. The summed E-state index contributed by atoms with van der Waals surface area (Å²) in [5.41, 5.74) is 0.740. The molecule has 1 saturated heterocycles. The minimum Gasteiger partial charge on any atom is -0.297 e. The Morgan fingerprint density at radius 3 is 2.93 bits per heavy atom. The maximum atomic E-state index is 13.5. The number of rotatable bonds is 2. The molecule has 2 rings (SSSR count). The van der Waals surface area contributed by atoms with Crippen LogP contribution in [-0.4, -0.2) is 23.4 Å². The van der Waals surface area contributed by atoms with Crippen LogP contribution in [0.25, 0.3) is 0 Å². The Morgan fingerprint density at radius 2 is 2.33 bits per heavy atom. The van der Waals surface area contributed by atoms with Gasteiger partial charge in [-0.15, -0.1) is 11.6 Å². The summed E-state index contributed by atoms with van der Waals surface area (Å²) in [5, 5.41) is 0.225. The number of alkyl halides is 1. The van der Waals surface area contributed by atoms with Gasteiger partial charge in [0.05, 0.1) is 0 Å². The van der Waals surface area contributed by atoms with E-state index in [1.165, 1.54) is 6.07 Å². The van der Waals surface area contributed by atoms with E-state index in [9.17, 15) is 4.39 Å². The predicted octanol–water partition coefficient (Wildman–Crippen LogP) is 3.40. The van der Waals surface area contributed by atoms with E-state index in [4.69, 9.17) is 11.6 Å². The third-order valence-electron chi connectivity index (χ3n) is 2.62. The molecule has 1 fully saturated rings. The van der Waals surface area contributed by atoms with E-state index in [2.05, 4.69) is 20.8 Å². The Balaban J connectivity index is 2.04. The van der Waals surface area contributed by atoms with E-state index >= 15 is 0 Å². The minimum absolute atomic E-state index is 0.151. The number of likely N-dealkylation sites (tertiary alicyclic amines) is 1. The summed E-state index contributed by atoms with van der Waals surface area (Å²) in [5.74, 6) is -0.151. The zero-order valence-electron chi connectivity index (χ0n) is 8.22. The summed E-state index contributed by atoms with van der Waals surface area (Å²) in [7, 11) is 0. The first-order valence-electron chi connectivity index (χ1n) is 4.95. The summed E-state index contributed by atoms with van der Waals surface area (Å²) < 4.78 is 14.3. The standard InChI is InChI=1S/C11H12BrClFN/c12-9-2-1-8(11(14)5-9)6-15-4-3-10(13)7-15/h1-2,5,10H,3-4,6-7H2. The molecule has 82 valence electrons. The highest BCUT2D eigenvalue weighted by Gasteiger charge is 2.20. The molecule has 0 bridgehead atoms. The summed E-state index contributed by atoms with van der Waals surface area (Å²) in [6.45, 7) is 2.48. The molecule has 15 heavy (non-hydrogen) atoms. The van der Waals surface area contributed by atoms with Gasteiger partial charge in [0, 0.05) is 28.5 Å². The number of hydrogen-bond donors (Lipinski definition) is 0. The molecule has 1 aromatic carbocycles. The molecular weight excluding hydrogens is 280 g/mol. The van der Waals surface area contributed by atoms with Gasteiger partial charge < -0.3 is 0 Å². The largest absolute Gasteiger partial charge is 0.297 e. The van der Waals surface area contributed by atoms with Crippen molar-refractivity contribution >= 4 is 27.5 Å². The first-order chi connectivity index (χ1) is 7.15. The molecule has 1 aliphatic rings. The minimum atomic E-state index is -0.151. The summed E-state index contributed by atoms with van der Waals surface area (Å²) in [6.07, 6.45) is 1.000. The normalized spacial score (nSPS) is 22.2. The fourth-order valence-corrected chi connectivity index (χ4v) is 2.45. The molecule has 0 saturated carbocycles. The van der Waals surface area contributed by atoms with Crippen LogP contribution in [0.4, 0.5) is 4.39 Å². The SMILES string of the molecule is Fc1cc(Br)ccc1CN1CCC(Cl)C1. The lowest BCUT2D eigenvalue weighted by Crippen LogP contribution is -2.20. The van der Waals surface area contributed by atoms with Gasteiger partial charge in [0.1, 0.15) is 5.82 Å². The molecule has 1 heterocycles. The first kappa shape index (κ1) is 11.4. The monoisotopic (exact) mass is 291 g/mol. The Bertz CT molecular complexity index is 358. The van der Waals surface area contributed by atoms with Crippen LogP contribution < -0.4 is 0 Å². The van der Waals surface area contributed by atoms with Gasteiger partial charge in [0.2, 0.25) is 0 Å². The van der Waals surface area contributed by atoms with Crippen molar-refractivity contribution in [3.8, 4) is 0 Å². The van der Waals surface area contributed by atoms with Crippen molar-refractivity contribution in [1.82, 2.24) is 4.90 Å². The zero-order valence-corrected chi connectivity index (χ0v) is 10.6. The van der Waals surface area contributed by atoms with Crippen molar-refractivity contribution in [3.63, 3.8) is 0 Å². The second-order valence-corrected chi connectivity index (χ2v) is 5.39. The van der Waals surface area contributed by atoms with E-state index in [1.807, 2.05) is 12.1 Å². The topological polar surface area (TPSA) is 3.24 Å². The van der Waals surface area contributed by atoms with Crippen LogP contribution in [-0.2, 0) is 6.54 Å². The molecule has 0 aromatic heterocycles. The lowest BCUT2D eigenvalue weighted by molar-refractivity contribution is 0.326. The average Bonchev–Trinajstić information content (AvgIpc) is 2.56. The van der Waals surface area contributed by atoms with Crippen LogP contribution in [0.15, 0.2) is 22.7 Å². The highest BCUT2D eigenvalue weighted by atomic mass is 79.9. The lowest BCUT2D eigenvalue weighted by atomic mass is 10.2. The molecule has 1 unspecified atom stereocenters. The first-order valence-corrected chi connectivity index (χ1v) is 6.18. The fourth-order valence-electron chi connectivity index (χ4n) is 1.82. The van der Waals surface area contributed by atoms with Gasteiger partial charge in [-0.3, -0.25) is 4.90 Å². The zero-order chi connectivity index (χ0) is 10.8. The number of benzene rings is 1. The average molecular weight is 293 g/mol. The van der Waals surface area contributed by atoms with Crippen molar-refractivity contribution in [2.45, 2.75) is 18.3 Å². The number of nitrogens with zero attached hydrogens (tertiary/aromatic N) is 1. The van der Waals surface area contributed by atoms with Gasteiger partial charge in [-0.1, -0.05) is 22.0 Å². The molecule has 0 aliphatic carbocycles. The Kier molecular flexibility index (Phi) is 3.65. The van der Waals surface area contributed by atoms with Crippen LogP contribution in [0, 0.1) is 5.82 Å². The molecule has 1 aliphatic heterocycles. The van der Waals surface area contributed by atoms with Crippen LogP contribution in [0.3, 0.4) is 0 Å². The second-order valence-electron chi connectivity index (χ2n) is 3.86. The van der Waals surface area contributed by atoms with Gasteiger partial charge in [0.15, 0.2) is 0 Å². The van der Waals surface area contributed by atoms with Crippen molar-refractivity contribution in [3.05, 3.63) is 34.1 Å². The van der Waals surface area contributed by atoms with Crippen molar-refractivity contribution in [2.75, 3.05) is 13.1 Å². The second kappa shape index (κ2) is 4.81. The Morgan fingerprint density at radius 1 is 1.53 bits per heavy atom. The van der Waals surface area contributed by atoms with Gasteiger partial charge in [-0.2, -0.15) is 0 Å². The molecule has 1 atom stereocenters. The third kappa shape index (κ3) is 2.92. The molecule has 1 aromatic rings. The highest BCUT2D eigenvalue weighted by molar-refractivity contribution is 9.10. The van der Waals surface area contributed by atoms with E-state index in [0.717, 1.165) is 29.5 Å². The third-order valence-corrected chi connectivity index (χ3v) is 3.47. The van der Waals surface area contributed by atoms with E-state index in [0.29, 0.717) is 6.54 Å². The molecular formula is C11H12BrClFN. The quantitative estimate of drug-likeness (QED) is 0.755. The van der Waals surface area contributed by atoms with E-state index in [1.54, 1.807) is 0 Å². The van der Waals surface area contributed by atoms with Crippen LogP contribution in [0.2, 0.25) is 0 Å². The fraction of sp³-hybridized carbons (Fsp3) is 0.455. The molecule has 0 radical (unpaired) electrons. The van der Waals surface area contributed by atoms with Crippen molar-refractivity contribution < 1.29 is 4.39 Å². The summed E-state index contributed by atoms with van der Waals surface area (Å²) >= 11 is 9.24. The van der Waals surface area contributed by atoms with Gasteiger partial charge in [0.25, 0.3) is 0 Å². The molecule has 0 spiro atoms. The van der Waals surface area contributed by atoms with E-state index in [-0.39, 0.29) is 11.2 Å². The number of halogens is 3. The summed E-state index contributed by atoms with van der Waals surface area (Å²) in [4.78, 5) is 2.18. The van der Waals surface area contributed by atoms with Crippen LogP contribution in [0.1, 0.15) is 12.0 Å². The molecule has 0 N–H and O–H groups in total. The molecule has 4 heteroatoms. The highest BCUT2D eigenvalue weighted by Crippen LogP contribution is 2.20. The molecule has 0 amide bonds.